The number of ether oxygens (including phenoxy) is 2. The molecule has 0 radical (unpaired) electrons. The van der Waals surface area contributed by atoms with Crippen LogP contribution in [0.5, 0.6) is 0 Å². The molecule has 1 aliphatic carbocycles. The third kappa shape index (κ3) is 8.85. The molecule has 0 amide bonds. The van der Waals surface area contributed by atoms with Crippen LogP contribution in [0.4, 0.5) is 0 Å². The van der Waals surface area contributed by atoms with Crippen LogP contribution >= 0.6 is 0 Å². The lowest BCUT2D eigenvalue weighted by atomic mass is 9.96. The summed E-state index contributed by atoms with van der Waals surface area (Å²) < 4.78 is 14.4. The van der Waals surface area contributed by atoms with Crippen LogP contribution in [0.1, 0.15) is 78.2 Å². The Hall–Kier alpha value is -3.37. The van der Waals surface area contributed by atoms with Crippen molar-refractivity contribution < 1.29 is 14.6 Å². The van der Waals surface area contributed by atoms with E-state index in [1.54, 1.807) is 0 Å². The highest BCUT2D eigenvalue weighted by Gasteiger charge is 2.22. The number of allylic oxidation sites excluding steroid dienone is 5. The molecule has 1 saturated carbocycles. The number of aliphatic hydroxyl groups excluding tert-OH is 1. The summed E-state index contributed by atoms with van der Waals surface area (Å²) in [5.41, 5.74) is 4.83. The topological polar surface area (TPSA) is 59.8 Å². The van der Waals surface area contributed by atoms with Gasteiger partial charge >= 0.3 is 0 Å². The zero-order valence-corrected chi connectivity index (χ0v) is 27.4. The first-order valence-corrected chi connectivity index (χ1v) is 16.4. The molecule has 3 heterocycles. The van der Waals surface area contributed by atoms with Gasteiger partial charge in [-0.15, -0.1) is 0 Å². The standard InChI is InChI=1S/C24H26N2O.C14H25NO2/c1-4-17(9-11-19(5-2)27-20-7-6-8-20)18-10-12-21-22-16-25-14-13-23(22)26(3)24(21)15-18;1-3-13(4-2)17-14-8-7-10-15(12-14)9-5-6-11-16/h4-5,9-16,20H,6-8H2,1-3H3;13-14,16H,3-4,7-12H2,1-2H3/b11-9-,17-4+,19-5+;. The minimum Gasteiger partial charge on any atom is -0.491 e. The lowest BCUT2D eigenvalue weighted by molar-refractivity contribution is -0.0481. The van der Waals surface area contributed by atoms with Gasteiger partial charge in [0.05, 0.1) is 30.4 Å². The van der Waals surface area contributed by atoms with E-state index in [0.29, 0.717) is 18.3 Å². The lowest BCUT2D eigenvalue weighted by Crippen LogP contribution is -2.41. The molecule has 2 aliphatic rings. The van der Waals surface area contributed by atoms with E-state index in [2.05, 4.69) is 96.6 Å². The van der Waals surface area contributed by atoms with Crippen LogP contribution in [0.2, 0.25) is 0 Å². The average Bonchev–Trinajstić information content (AvgIpc) is 3.32. The molecule has 5 rings (SSSR count). The van der Waals surface area contributed by atoms with E-state index < -0.39 is 0 Å². The number of nitrogens with zero attached hydrogens (tertiary/aromatic N) is 3. The van der Waals surface area contributed by atoms with E-state index in [-0.39, 0.29) is 6.61 Å². The fourth-order valence-corrected chi connectivity index (χ4v) is 5.89. The Labute approximate surface area is 264 Å². The van der Waals surface area contributed by atoms with Crippen LogP contribution in [-0.2, 0) is 16.5 Å². The fraction of sp³-hybridized carbons (Fsp3) is 0.500. The molecular formula is C38H51N3O3. The number of aliphatic hydroxyl groups is 1. The quantitative estimate of drug-likeness (QED) is 0.147. The predicted molar refractivity (Wildman–Crippen MR) is 183 cm³/mol. The van der Waals surface area contributed by atoms with Gasteiger partial charge in [-0.25, -0.2) is 0 Å². The Kier molecular flexibility index (Phi) is 13.1. The van der Waals surface area contributed by atoms with E-state index in [0.717, 1.165) is 38.2 Å². The number of hydrogen-bond donors (Lipinski definition) is 1. The van der Waals surface area contributed by atoms with Crippen molar-refractivity contribution >= 4 is 27.4 Å². The third-order valence-corrected chi connectivity index (χ3v) is 8.78. The molecule has 44 heavy (non-hydrogen) atoms. The second kappa shape index (κ2) is 17.2. The second-order valence-corrected chi connectivity index (χ2v) is 11.7. The molecule has 3 aromatic rings. The van der Waals surface area contributed by atoms with Gasteiger partial charge in [-0.1, -0.05) is 50.0 Å². The Bertz CT molecular complexity index is 1500. The number of benzene rings is 1. The number of likely N-dealkylation sites (tertiary alicyclic amines) is 1. The Morgan fingerprint density at radius 3 is 2.48 bits per heavy atom. The fourth-order valence-electron chi connectivity index (χ4n) is 5.89. The third-order valence-electron chi connectivity index (χ3n) is 8.78. The molecule has 1 unspecified atom stereocenters. The summed E-state index contributed by atoms with van der Waals surface area (Å²) in [6.45, 7) is 11.3. The minimum absolute atomic E-state index is 0.0402. The summed E-state index contributed by atoms with van der Waals surface area (Å²) in [4.78, 5) is 6.61. The normalized spacial score (nSPS) is 18.3. The molecule has 2 fully saturated rings. The van der Waals surface area contributed by atoms with Gasteiger partial charge in [-0.3, -0.25) is 9.88 Å². The van der Waals surface area contributed by atoms with Gasteiger partial charge < -0.3 is 19.1 Å². The molecule has 1 aliphatic heterocycles. The highest BCUT2D eigenvalue weighted by Crippen LogP contribution is 2.31. The average molecular weight is 598 g/mol. The van der Waals surface area contributed by atoms with Gasteiger partial charge in [-0.05, 0) is 101 Å². The van der Waals surface area contributed by atoms with Crippen molar-refractivity contribution in [3.8, 4) is 11.8 Å². The smallest absolute Gasteiger partial charge is 0.115 e. The van der Waals surface area contributed by atoms with Gasteiger partial charge in [0.15, 0.2) is 0 Å². The van der Waals surface area contributed by atoms with Crippen LogP contribution in [0.25, 0.3) is 27.4 Å². The molecule has 6 nitrogen and oxygen atoms in total. The van der Waals surface area contributed by atoms with E-state index in [1.165, 1.54) is 65.0 Å². The number of aryl methyl sites for hydroxylation is 1. The van der Waals surface area contributed by atoms with E-state index in [1.807, 2.05) is 25.4 Å². The largest absolute Gasteiger partial charge is 0.491 e. The maximum absolute atomic E-state index is 8.61. The molecule has 236 valence electrons. The van der Waals surface area contributed by atoms with Gasteiger partial charge in [0, 0.05) is 42.3 Å². The Morgan fingerprint density at radius 2 is 1.80 bits per heavy atom. The van der Waals surface area contributed by atoms with E-state index in [9.17, 15) is 0 Å². The number of rotatable bonds is 10. The predicted octanol–water partition coefficient (Wildman–Crippen LogP) is 7.81. The summed E-state index contributed by atoms with van der Waals surface area (Å²) in [6, 6.07) is 8.72. The molecule has 2 aromatic heterocycles. The number of fused-ring (bicyclic) bond motifs is 3. The summed E-state index contributed by atoms with van der Waals surface area (Å²) in [5, 5.41) is 11.1. The molecule has 1 N–H and O–H groups in total. The zero-order valence-electron chi connectivity index (χ0n) is 27.4. The van der Waals surface area contributed by atoms with Gasteiger partial charge in [0.1, 0.15) is 12.4 Å². The highest BCUT2D eigenvalue weighted by atomic mass is 16.5. The number of aromatic nitrogens is 2. The Balaban J connectivity index is 0.000000225. The van der Waals surface area contributed by atoms with Gasteiger partial charge in [0.2, 0.25) is 0 Å². The van der Waals surface area contributed by atoms with Crippen molar-refractivity contribution in [1.82, 2.24) is 14.5 Å². The molecule has 1 aromatic carbocycles. The van der Waals surface area contributed by atoms with Crippen LogP contribution in [-0.4, -0.2) is 64.1 Å². The van der Waals surface area contributed by atoms with Crippen molar-refractivity contribution in [2.75, 3.05) is 26.2 Å². The SMILES string of the molecule is CCC(CC)OC1CCCN(CC#CCO)C1.C\C=C(/C=C\C(=C/C)c1ccc2c3cnccc3n(C)c2c1)OC1CCC1. The van der Waals surface area contributed by atoms with Crippen LogP contribution in [0.15, 0.2) is 66.7 Å². The number of hydrogen-bond acceptors (Lipinski definition) is 5. The molecule has 0 spiro atoms. The lowest BCUT2D eigenvalue weighted by Gasteiger charge is -2.33. The zero-order chi connectivity index (χ0) is 31.3. The van der Waals surface area contributed by atoms with E-state index in [4.69, 9.17) is 14.6 Å². The highest BCUT2D eigenvalue weighted by molar-refractivity contribution is 6.08. The van der Waals surface area contributed by atoms with Gasteiger partial charge in [0.25, 0.3) is 0 Å². The van der Waals surface area contributed by atoms with E-state index >= 15 is 0 Å². The van der Waals surface area contributed by atoms with Crippen molar-refractivity contribution in [3.05, 3.63) is 72.3 Å². The summed E-state index contributed by atoms with van der Waals surface area (Å²) >= 11 is 0. The number of pyridine rings is 1. The van der Waals surface area contributed by atoms with Crippen LogP contribution < -0.4 is 0 Å². The summed E-state index contributed by atoms with van der Waals surface area (Å²) in [5.74, 6) is 6.63. The van der Waals surface area contributed by atoms with Crippen molar-refractivity contribution in [1.29, 1.82) is 0 Å². The molecular weight excluding hydrogens is 546 g/mol. The first kappa shape index (κ1) is 33.5. The van der Waals surface area contributed by atoms with Gasteiger partial charge in [-0.2, -0.15) is 0 Å². The second-order valence-electron chi connectivity index (χ2n) is 11.7. The van der Waals surface area contributed by atoms with Crippen LogP contribution in [0.3, 0.4) is 0 Å². The molecule has 1 saturated heterocycles. The molecule has 6 heteroatoms. The van der Waals surface area contributed by atoms with Crippen molar-refractivity contribution in [2.45, 2.75) is 91.0 Å². The number of piperidine rings is 1. The van der Waals surface area contributed by atoms with Crippen molar-refractivity contribution in [3.63, 3.8) is 0 Å². The van der Waals surface area contributed by atoms with Crippen molar-refractivity contribution in [2.24, 2.45) is 7.05 Å². The first-order chi connectivity index (χ1) is 21.5. The summed E-state index contributed by atoms with van der Waals surface area (Å²) in [6.07, 6.45) is 21.6. The Morgan fingerprint density at radius 1 is 1.00 bits per heavy atom. The molecule has 1 atom stereocenters. The monoisotopic (exact) mass is 597 g/mol. The van der Waals surface area contributed by atoms with Crippen LogP contribution in [0, 0.1) is 11.8 Å². The maximum Gasteiger partial charge on any atom is 0.115 e. The first-order valence-electron chi connectivity index (χ1n) is 16.4. The maximum atomic E-state index is 8.61. The summed E-state index contributed by atoms with van der Waals surface area (Å²) in [7, 11) is 2.12. The minimum atomic E-state index is -0.0402. The molecule has 0 bridgehead atoms.